The summed E-state index contributed by atoms with van der Waals surface area (Å²) in [5.41, 5.74) is 8.86. The fourth-order valence-corrected chi connectivity index (χ4v) is 7.96. The monoisotopic (exact) mass is 598 g/mol. The number of benzene rings is 5. The van der Waals surface area contributed by atoms with Gasteiger partial charge in [0.1, 0.15) is 30.7 Å². The normalized spacial score (nSPS) is 11.6. The Labute approximate surface area is 261 Å². The predicted octanol–water partition coefficient (Wildman–Crippen LogP) is 10.7. The number of nitrogens with zero attached hydrogens (tertiary/aromatic N) is 4. The summed E-state index contributed by atoms with van der Waals surface area (Å²) in [4.78, 5) is 20.7. The molecule has 0 aliphatic heterocycles. The summed E-state index contributed by atoms with van der Waals surface area (Å²) in [6.07, 6.45) is 3.65. The van der Waals surface area contributed by atoms with Gasteiger partial charge in [-0.05, 0) is 80.2 Å². The van der Waals surface area contributed by atoms with Gasteiger partial charge in [-0.3, -0.25) is 0 Å². The molecule has 0 saturated carbocycles. The van der Waals surface area contributed by atoms with Crippen LogP contribution in [0.25, 0.3) is 85.6 Å². The Kier molecular flexibility index (Phi) is 5.82. The molecule has 0 bridgehead atoms. The van der Waals surface area contributed by atoms with Gasteiger partial charge in [-0.2, -0.15) is 0 Å². The number of hydrogen-bond acceptors (Lipinski definition) is 6. The van der Waals surface area contributed by atoms with Crippen LogP contribution in [-0.2, 0) is 0 Å². The molecule has 0 radical (unpaired) electrons. The molecule has 4 aromatic heterocycles. The van der Waals surface area contributed by atoms with Gasteiger partial charge in [-0.15, -0.1) is 0 Å². The molecule has 0 saturated heterocycles. The average molecular weight is 599 g/mol. The molecular formula is C38H22N4S2. The molecule has 0 amide bonds. The lowest BCUT2D eigenvalue weighted by Gasteiger charge is -2.18. The van der Waals surface area contributed by atoms with Crippen LogP contribution in [0.1, 0.15) is 0 Å². The summed E-state index contributed by atoms with van der Waals surface area (Å²) in [5, 5.41) is 6.84. The summed E-state index contributed by atoms with van der Waals surface area (Å²) >= 11 is 3.26. The first-order chi connectivity index (χ1) is 21.8. The summed E-state index contributed by atoms with van der Waals surface area (Å²) < 4.78 is 0. The third kappa shape index (κ3) is 4.11. The summed E-state index contributed by atoms with van der Waals surface area (Å²) in [6, 6.07) is 43.0. The van der Waals surface area contributed by atoms with Crippen molar-refractivity contribution in [2.45, 2.75) is 0 Å². The number of fused-ring (bicyclic) bond motifs is 4. The van der Waals surface area contributed by atoms with Crippen molar-refractivity contribution in [3.05, 3.63) is 134 Å². The van der Waals surface area contributed by atoms with E-state index in [-0.39, 0.29) is 0 Å². The molecule has 44 heavy (non-hydrogen) atoms. The number of rotatable bonds is 4. The molecule has 9 aromatic rings. The van der Waals surface area contributed by atoms with E-state index >= 15 is 0 Å². The van der Waals surface area contributed by atoms with Crippen molar-refractivity contribution >= 4 is 64.9 Å². The molecule has 4 heterocycles. The van der Waals surface area contributed by atoms with E-state index in [1.165, 1.54) is 43.8 Å². The van der Waals surface area contributed by atoms with Crippen molar-refractivity contribution in [1.82, 2.24) is 19.9 Å². The lowest BCUT2D eigenvalue weighted by atomic mass is 9.85. The number of hydrogen-bond donors (Lipinski definition) is 0. The minimum Gasteiger partial charge on any atom is -0.244 e. The van der Waals surface area contributed by atoms with Gasteiger partial charge in [-0.1, -0.05) is 108 Å². The zero-order valence-electron chi connectivity index (χ0n) is 23.3. The Hall–Kier alpha value is -5.30. The highest BCUT2D eigenvalue weighted by Gasteiger charge is 2.18. The standard InChI is InChI=1S/C38H22N4S2/c1-2-14-28-27(13-1)33(23-9-5-11-25(21-23)35-41-31-17-7-19-39-37(31)43-35)29-15-3-4-16-30(29)34(28)24-10-6-12-26(22-24)36-42-32-18-8-20-40-38(32)44-36/h1-22H. The molecule has 0 fully saturated rings. The van der Waals surface area contributed by atoms with E-state index in [1.807, 2.05) is 36.7 Å². The predicted molar refractivity (Wildman–Crippen MR) is 185 cm³/mol. The van der Waals surface area contributed by atoms with Crippen molar-refractivity contribution in [3.8, 4) is 43.4 Å². The smallest absolute Gasteiger partial charge is 0.143 e. The molecule has 9 rings (SSSR count). The van der Waals surface area contributed by atoms with Gasteiger partial charge in [0.15, 0.2) is 0 Å². The second-order valence-electron chi connectivity index (χ2n) is 10.7. The zero-order valence-corrected chi connectivity index (χ0v) is 24.9. The highest BCUT2D eigenvalue weighted by molar-refractivity contribution is 7.21. The molecule has 206 valence electrons. The molecular weight excluding hydrogens is 577 g/mol. The van der Waals surface area contributed by atoms with E-state index in [9.17, 15) is 0 Å². The number of aromatic nitrogens is 4. The van der Waals surface area contributed by atoms with E-state index in [1.54, 1.807) is 22.7 Å². The van der Waals surface area contributed by atoms with Gasteiger partial charge in [0.05, 0.1) is 0 Å². The van der Waals surface area contributed by atoms with E-state index in [0.717, 1.165) is 41.8 Å². The van der Waals surface area contributed by atoms with Crippen LogP contribution in [-0.4, -0.2) is 19.9 Å². The van der Waals surface area contributed by atoms with Crippen molar-refractivity contribution in [3.63, 3.8) is 0 Å². The lowest BCUT2D eigenvalue weighted by molar-refractivity contribution is 1.41. The first-order valence-electron chi connectivity index (χ1n) is 14.4. The van der Waals surface area contributed by atoms with Crippen LogP contribution in [0.5, 0.6) is 0 Å². The van der Waals surface area contributed by atoms with Crippen LogP contribution in [0, 0.1) is 0 Å². The van der Waals surface area contributed by atoms with Crippen molar-refractivity contribution in [2.75, 3.05) is 0 Å². The van der Waals surface area contributed by atoms with Gasteiger partial charge >= 0.3 is 0 Å². The van der Waals surface area contributed by atoms with Crippen LogP contribution in [0.4, 0.5) is 0 Å². The minimum atomic E-state index is 0.933. The quantitative estimate of drug-likeness (QED) is 0.189. The maximum Gasteiger partial charge on any atom is 0.143 e. The minimum absolute atomic E-state index is 0.933. The van der Waals surface area contributed by atoms with Gasteiger partial charge in [0.25, 0.3) is 0 Å². The van der Waals surface area contributed by atoms with E-state index < -0.39 is 0 Å². The van der Waals surface area contributed by atoms with Gasteiger partial charge in [0, 0.05) is 23.5 Å². The third-order valence-corrected chi connectivity index (χ3v) is 10.1. The summed E-state index contributed by atoms with van der Waals surface area (Å²) in [5.74, 6) is 0. The van der Waals surface area contributed by atoms with Crippen LogP contribution < -0.4 is 0 Å². The highest BCUT2D eigenvalue weighted by Crippen LogP contribution is 2.45. The first kappa shape index (κ1) is 25.2. The SMILES string of the molecule is c1cc(-c2nc3cccnc3s2)cc(-c2c3ccccc3c(-c3cccc(-c4nc5cccnc5s4)c3)c3ccccc23)c1. The highest BCUT2D eigenvalue weighted by atomic mass is 32.1. The van der Waals surface area contributed by atoms with Crippen LogP contribution in [0.3, 0.4) is 0 Å². The Morgan fingerprint density at radius 3 is 1.20 bits per heavy atom. The molecule has 0 spiro atoms. The second kappa shape index (κ2) is 10.2. The topological polar surface area (TPSA) is 51.6 Å². The number of pyridine rings is 2. The van der Waals surface area contributed by atoms with Gasteiger partial charge < -0.3 is 0 Å². The van der Waals surface area contributed by atoms with Crippen molar-refractivity contribution in [1.29, 1.82) is 0 Å². The van der Waals surface area contributed by atoms with Gasteiger partial charge in [-0.25, -0.2) is 19.9 Å². The molecule has 0 aliphatic carbocycles. The van der Waals surface area contributed by atoms with E-state index in [4.69, 9.17) is 9.97 Å². The molecule has 0 N–H and O–H groups in total. The molecule has 4 nitrogen and oxygen atoms in total. The Bertz CT molecular complexity index is 2230. The maximum absolute atomic E-state index is 4.89. The lowest BCUT2D eigenvalue weighted by Crippen LogP contribution is -1.91. The largest absolute Gasteiger partial charge is 0.244 e. The fraction of sp³-hybridized carbons (Fsp3) is 0. The third-order valence-electron chi connectivity index (χ3n) is 8.06. The second-order valence-corrected chi connectivity index (χ2v) is 12.7. The molecule has 6 heteroatoms. The first-order valence-corrected chi connectivity index (χ1v) is 16.0. The summed E-state index contributed by atoms with van der Waals surface area (Å²) in [7, 11) is 0. The van der Waals surface area contributed by atoms with E-state index in [0.29, 0.717) is 0 Å². The fourth-order valence-electron chi connectivity index (χ4n) is 6.15. The zero-order chi connectivity index (χ0) is 29.0. The van der Waals surface area contributed by atoms with E-state index in [2.05, 4.69) is 107 Å². The van der Waals surface area contributed by atoms with Crippen molar-refractivity contribution in [2.24, 2.45) is 0 Å². The Balaban J connectivity index is 1.26. The molecule has 0 unspecified atom stereocenters. The molecule has 0 atom stereocenters. The van der Waals surface area contributed by atoms with Gasteiger partial charge in [0.2, 0.25) is 0 Å². The Morgan fingerprint density at radius 2 is 0.795 bits per heavy atom. The average Bonchev–Trinajstić information content (AvgIpc) is 3.72. The summed E-state index contributed by atoms with van der Waals surface area (Å²) in [6.45, 7) is 0. The maximum atomic E-state index is 4.89. The van der Waals surface area contributed by atoms with Crippen LogP contribution in [0.15, 0.2) is 134 Å². The van der Waals surface area contributed by atoms with Crippen LogP contribution >= 0.6 is 22.7 Å². The molecule has 0 aliphatic rings. The van der Waals surface area contributed by atoms with Crippen LogP contribution in [0.2, 0.25) is 0 Å². The Morgan fingerprint density at radius 1 is 0.386 bits per heavy atom. The van der Waals surface area contributed by atoms with Crippen molar-refractivity contribution < 1.29 is 0 Å². The molecule has 5 aromatic carbocycles. The number of thiazole rings is 2.